The van der Waals surface area contributed by atoms with E-state index in [1.54, 1.807) is 0 Å². The van der Waals surface area contributed by atoms with E-state index in [1.165, 1.54) is 12.8 Å². The highest BCUT2D eigenvalue weighted by Crippen LogP contribution is 2.21. The van der Waals surface area contributed by atoms with Crippen molar-refractivity contribution in [2.45, 2.75) is 19.3 Å². The Labute approximate surface area is 175 Å². The number of benzene rings is 2. The molecule has 2 heterocycles. The van der Waals surface area contributed by atoms with E-state index in [4.69, 9.17) is 11.6 Å². The summed E-state index contributed by atoms with van der Waals surface area (Å²) in [7, 11) is 0. The van der Waals surface area contributed by atoms with Crippen LogP contribution >= 0.6 is 11.6 Å². The first kappa shape index (κ1) is 19.4. The zero-order chi connectivity index (χ0) is 20.1. The molecule has 6 heteroatoms. The molecule has 29 heavy (non-hydrogen) atoms. The Balaban J connectivity index is 1.33. The van der Waals surface area contributed by atoms with Crippen molar-refractivity contribution >= 4 is 23.5 Å². The van der Waals surface area contributed by atoms with Crippen molar-refractivity contribution in [1.29, 1.82) is 0 Å². The molecule has 5 nitrogen and oxygen atoms in total. The Morgan fingerprint density at radius 3 is 2.24 bits per heavy atom. The van der Waals surface area contributed by atoms with E-state index < -0.39 is 0 Å². The number of nitrogens with one attached hydrogen (secondary N) is 1. The van der Waals surface area contributed by atoms with Crippen molar-refractivity contribution in [3.05, 3.63) is 77.1 Å². The number of carbonyl (C=O) groups excluding carboxylic acids is 1. The number of aromatic nitrogens is 2. The first-order valence-electron chi connectivity index (χ1n) is 9.89. The van der Waals surface area contributed by atoms with Gasteiger partial charge in [0.2, 0.25) is 5.95 Å². The molecule has 1 aliphatic heterocycles. The average molecular weight is 407 g/mol. The van der Waals surface area contributed by atoms with Gasteiger partial charge < -0.3 is 10.2 Å². The summed E-state index contributed by atoms with van der Waals surface area (Å²) in [4.78, 5) is 23.6. The zero-order valence-electron chi connectivity index (χ0n) is 16.1. The first-order chi connectivity index (χ1) is 14.2. The van der Waals surface area contributed by atoms with Gasteiger partial charge in [0.1, 0.15) is 0 Å². The van der Waals surface area contributed by atoms with Gasteiger partial charge in [0.15, 0.2) is 0 Å². The van der Waals surface area contributed by atoms with Crippen molar-refractivity contribution in [3.63, 3.8) is 0 Å². The molecular formula is C23H23ClN4O. The SMILES string of the molecule is O=C(NCCc1ccc(Cl)cc1)c1ccc(-c2cnc(N3CCCC3)nc2)cc1. The third-order valence-corrected chi connectivity index (χ3v) is 5.37. The number of carbonyl (C=O) groups is 1. The normalized spacial score (nSPS) is 13.5. The van der Waals surface area contributed by atoms with Crippen LogP contribution in [0.15, 0.2) is 60.9 Å². The summed E-state index contributed by atoms with van der Waals surface area (Å²) in [6, 6.07) is 15.2. The molecule has 0 spiro atoms. The Morgan fingerprint density at radius 2 is 1.59 bits per heavy atom. The molecule has 1 N–H and O–H groups in total. The monoisotopic (exact) mass is 406 g/mol. The Kier molecular flexibility index (Phi) is 6.06. The number of amides is 1. The van der Waals surface area contributed by atoms with Crippen LogP contribution in [-0.2, 0) is 6.42 Å². The van der Waals surface area contributed by atoms with Crippen LogP contribution in [-0.4, -0.2) is 35.5 Å². The predicted molar refractivity (Wildman–Crippen MR) is 116 cm³/mol. The lowest BCUT2D eigenvalue weighted by molar-refractivity contribution is 0.0954. The zero-order valence-corrected chi connectivity index (χ0v) is 16.9. The third-order valence-electron chi connectivity index (χ3n) is 5.12. The van der Waals surface area contributed by atoms with Gasteiger partial charge in [-0.05, 0) is 54.7 Å². The Bertz CT molecular complexity index is 950. The summed E-state index contributed by atoms with van der Waals surface area (Å²) in [5.74, 6) is 0.717. The van der Waals surface area contributed by atoms with Crippen LogP contribution in [0.2, 0.25) is 5.02 Å². The van der Waals surface area contributed by atoms with E-state index in [1.807, 2.05) is 60.9 Å². The molecule has 0 radical (unpaired) electrons. The van der Waals surface area contributed by atoms with Gasteiger partial charge >= 0.3 is 0 Å². The summed E-state index contributed by atoms with van der Waals surface area (Å²) in [6.07, 6.45) is 6.87. The number of nitrogens with zero attached hydrogens (tertiary/aromatic N) is 3. The molecule has 4 rings (SSSR count). The molecule has 0 bridgehead atoms. The van der Waals surface area contributed by atoms with Crippen LogP contribution in [0.3, 0.4) is 0 Å². The van der Waals surface area contributed by atoms with Gasteiger partial charge in [-0.3, -0.25) is 4.79 Å². The fourth-order valence-corrected chi connectivity index (χ4v) is 3.56. The maximum Gasteiger partial charge on any atom is 0.251 e. The first-order valence-corrected chi connectivity index (χ1v) is 10.3. The fourth-order valence-electron chi connectivity index (χ4n) is 3.44. The fraction of sp³-hybridized carbons (Fsp3) is 0.261. The maximum absolute atomic E-state index is 12.4. The molecule has 1 fully saturated rings. The molecule has 3 aromatic rings. The minimum absolute atomic E-state index is 0.0776. The van der Waals surface area contributed by atoms with Crippen LogP contribution in [0.25, 0.3) is 11.1 Å². The van der Waals surface area contributed by atoms with E-state index in [2.05, 4.69) is 20.2 Å². The highest BCUT2D eigenvalue weighted by molar-refractivity contribution is 6.30. The quantitative estimate of drug-likeness (QED) is 0.660. The molecule has 0 atom stereocenters. The Hall–Kier alpha value is -2.92. The summed E-state index contributed by atoms with van der Waals surface area (Å²) in [6.45, 7) is 2.64. The van der Waals surface area contributed by atoms with Gasteiger partial charge in [-0.25, -0.2) is 9.97 Å². The van der Waals surface area contributed by atoms with E-state index in [-0.39, 0.29) is 5.91 Å². The van der Waals surface area contributed by atoms with Crippen LogP contribution in [0.4, 0.5) is 5.95 Å². The summed E-state index contributed by atoms with van der Waals surface area (Å²) in [5, 5.41) is 3.67. The van der Waals surface area contributed by atoms with Crippen LogP contribution in [0, 0.1) is 0 Å². The molecule has 0 unspecified atom stereocenters. The van der Waals surface area contributed by atoms with E-state index in [0.29, 0.717) is 17.1 Å². The summed E-state index contributed by atoms with van der Waals surface area (Å²) < 4.78 is 0. The topological polar surface area (TPSA) is 58.1 Å². The molecule has 1 amide bonds. The lowest BCUT2D eigenvalue weighted by atomic mass is 10.1. The van der Waals surface area contributed by atoms with Gasteiger partial charge in [0, 0.05) is 48.2 Å². The van der Waals surface area contributed by atoms with Gasteiger partial charge in [0.25, 0.3) is 5.91 Å². The molecule has 1 aromatic heterocycles. The second kappa shape index (κ2) is 9.05. The molecular weight excluding hydrogens is 384 g/mol. The highest BCUT2D eigenvalue weighted by atomic mass is 35.5. The van der Waals surface area contributed by atoms with Crippen molar-refractivity contribution in [1.82, 2.24) is 15.3 Å². The minimum atomic E-state index is -0.0776. The summed E-state index contributed by atoms with van der Waals surface area (Å²) in [5.41, 5.74) is 3.72. The molecule has 1 aliphatic rings. The minimum Gasteiger partial charge on any atom is -0.352 e. The lowest BCUT2D eigenvalue weighted by Crippen LogP contribution is -2.25. The molecule has 2 aromatic carbocycles. The number of rotatable bonds is 6. The average Bonchev–Trinajstić information content (AvgIpc) is 3.30. The van der Waals surface area contributed by atoms with Crippen molar-refractivity contribution < 1.29 is 4.79 Å². The van der Waals surface area contributed by atoms with E-state index >= 15 is 0 Å². The van der Waals surface area contributed by atoms with Crippen LogP contribution < -0.4 is 10.2 Å². The molecule has 0 saturated carbocycles. The highest BCUT2D eigenvalue weighted by Gasteiger charge is 2.14. The Morgan fingerprint density at radius 1 is 0.931 bits per heavy atom. The van der Waals surface area contributed by atoms with Crippen molar-refractivity contribution in [2.24, 2.45) is 0 Å². The largest absolute Gasteiger partial charge is 0.352 e. The van der Waals surface area contributed by atoms with Gasteiger partial charge in [-0.2, -0.15) is 0 Å². The standard InChI is InChI=1S/C23H23ClN4O/c24-21-9-3-17(4-10-21)11-12-25-22(29)19-7-5-18(6-8-19)20-15-26-23(27-16-20)28-13-1-2-14-28/h3-10,15-16H,1-2,11-14H2,(H,25,29). The number of hydrogen-bond acceptors (Lipinski definition) is 4. The smallest absolute Gasteiger partial charge is 0.251 e. The van der Waals surface area contributed by atoms with Crippen LogP contribution in [0.1, 0.15) is 28.8 Å². The summed E-state index contributed by atoms with van der Waals surface area (Å²) >= 11 is 5.89. The number of hydrogen-bond donors (Lipinski definition) is 1. The van der Waals surface area contributed by atoms with E-state index in [9.17, 15) is 4.79 Å². The predicted octanol–water partition coefficient (Wildman–Crippen LogP) is 4.37. The molecule has 0 aliphatic carbocycles. The molecule has 148 valence electrons. The second-order valence-corrected chi connectivity index (χ2v) is 7.61. The van der Waals surface area contributed by atoms with Gasteiger partial charge in [0.05, 0.1) is 0 Å². The number of halogens is 1. The van der Waals surface area contributed by atoms with E-state index in [0.717, 1.165) is 42.1 Å². The van der Waals surface area contributed by atoms with Gasteiger partial charge in [-0.15, -0.1) is 0 Å². The van der Waals surface area contributed by atoms with Crippen LogP contribution in [0.5, 0.6) is 0 Å². The third kappa shape index (κ3) is 4.93. The van der Waals surface area contributed by atoms with Gasteiger partial charge in [-0.1, -0.05) is 35.9 Å². The lowest BCUT2D eigenvalue weighted by Gasteiger charge is -2.14. The van der Waals surface area contributed by atoms with Crippen molar-refractivity contribution in [2.75, 3.05) is 24.5 Å². The van der Waals surface area contributed by atoms with Crippen molar-refractivity contribution in [3.8, 4) is 11.1 Å². The maximum atomic E-state index is 12.4. The second-order valence-electron chi connectivity index (χ2n) is 7.18. The molecule has 1 saturated heterocycles. The number of anilines is 1.